The van der Waals surface area contributed by atoms with Gasteiger partial charge in [-0.3, -0.25) is 9.80 Å². The Hall–Kier alpha value is -1.37. The lowest BCUT2D eigenvalue weighted by molar-refractivity contribution is 0.0763. The van der Waals surface area contributed by atoms with Crippen LogP contribution in [-0.2, 0) is 6.54 Å². The molecule has 0 N–H and O–H groups in total. The molecule has 0 aromatic heterocycles. The first-order valence-corrected chi connectivity index (χ1v) is 6.96. The van der Waals surface area contributed by atoms with E-state index in [1.807, 2.05) is 13.8 Å². The summed E-state index contributed by atoms with van der Waals surface area (Å²) in [4.78, 5) is 4.76. The topological polar surface area (TPSA) is 30.3 Å². The van der Waals surface area contributed by atoms with Crippen LogP contribution in [0.4, 0.5) is 0 Å². The minimum Gasteiger partial charge on any atom is -0.297 e. The van der Waals surface area contributed by atoms with E-state index in [2.05, 4.69) is 47.1 Å². The van der Waals surface area contributed by atoms with Crippen molar-refractivity contribution in [3.63, 3.8) is 0 Å². The Morgan fingerprint density at radius 1 is 1.16 bits per heavy atom. The molecular weight excluding hydrogens is 234 g/mol. The fraction of sp³-hybridized carbons (Fsp3) is 0.562. The minimum absolute atomic E-state index is 0.339. The third kappa shape index (κ3) is 3.34. The molecule has 0 saturated carbocycles. The zero-order valence-corrected chi connectivity index (χ0v) is 12.2. The van der Waals surface area contributed by atoms with Crippen molar-refractivity contribution < 1.29 is 0 Å². The molecule has 1 saturated heterocycles. The van der Waals surface area contributed by atoms with Gasteiger partial charge < -0.3 is 0 Å². The molecule has 1 aromatic carbocycles. The van der Waals surface area contributed by atoms with E-state index < -0.39 is 0 Å². The molecule has 0 spiro atoms. The normalized spacial score (nSPS) is 18.2. The van der Waals surface area contributed by atoms with Gasteiger partial charge in [0.2, 0.25) is 0 Å². The van der Waals surface area contributed by atoms with Crippen molar-refractivity contribution in [2.24, 2.45) is 0 Å². The molecule has 19 heavy (non-hydrogen) atoms. The summed E-state index contributed by atoms with van der Waals surface area (Å²) in [5, 5.41) is 9.18. The number of rotatable bonds is 3. The largest absolute Gasteiger partial charge is 0.297 e. The number of piperazine rings is 1. The second kappa shape index (κ2) is 5.73. The highest BCUT2D eigenvalue weighted by Gasteiger charge is 2.29. The number of nitrogens with zero attached hydrogens (tertiary/aromatic N) is 3. The van der Waals surface area contributed by atoms with Crippen molar-refractivity contribution in [1.29, 1.82) is 5.26 Å². The van der Waals surface area contributed by atoms with Crippen LogP contribution in [0.15, 0.2) is 24.3 Å². The van der Waals surface area contributed by atoms with Crippen molar-refractivity contribution in [2.45, 2.75) is 32.9 Å². The molecule has 1 fully saturated rings. The average Bonchev–Trinajstić information content (AvgIpc) is 2.42. The first-order chi connectivity index (χ1) is 9.03. The summed E-state index contributed by atoms with van der Waals surface area (Å²) in [5.74, 6) is 0. The predicted octanol–water partition coefficient (Wildman–Crippen LogP) is 2.41. The molecule has 2 rings (SSSR count). The molecule has 0 atom stereocenters. The second-order valence-corrected chi connectivity index (χ2v) is 5.86. The van der Waals surface area contributed by atoms with Gasteiger partial charge in [-0.2, -0.15) is 5.26 Å². The Kier molecular flexibility index (Phi) is 4.24. The maximum absolute atomic E-state index is 9.18. The van der Waals surface area contributed by atoms with Gasteiger partial charge in [0.05, 0.1) is 6.07 Å². The predicted molar refractivity (Wildman–Crippen MR) is 77.7 cm³/mol. The van der Waals surface area contributed by atoms with E-state index in [1.165, 1.54) is 11.1 Å². The summed E-state index contributed by atoms with van der Waals surface area (Å²) in [7, 11) is 0. The Balaban J connectivity index is 1.91. The van der Waals surface area contributed by atoms with Crippen molar-refractivity contribution in [3.8, 4) is 6.07 Å². The van der Waals surface area contributed by atoms with E-state index in [0.717, 1.165) is 32.7 Å². The van der Waals surface area contributed by atoms with E-state index in [0.29, 0.717) is 0 Å². The van der Waals surface area contributed by atoms with Crippen LogP contribution >= 0.6 is 0 Å². The second-order valence-electron chi connectivity index (χ2n) is 5.86. The van der Waals surface area contributed by atoms with Crippen LogP contribution in [0.2, 0.25) is 0 Å². The summed E-state index contributed by atoms with van der Waals surface area (Å²) in [6, 6.07) is 11.0. The lowest BCUT2D eigenvalue weighted by Crippen LogP contribution is -2.53. The van der Waals surface area contributed by atoms with E-state index in [9.17, 15) is 5.26 Å². The van der Waals surface area contributed by atoms with Crippen molar-refractivity contribution in [2.75, 3.05) is 26.2 Å². The van der Waals surface area contributed by atoms with Crippen LogP contribution in [0, 0.1) is 18.3 Å². The maximum Gasteiger partial charge on any atom is 0.103 e. The Bertz CT molecular complexity index is 465. The minimum atomic E-state index is -0.339. The van der Waals surface area contributed by atoms with Crippen LogP contribution in [0.3, 0.4) is 0 Å². The fourth-order valence-electron chi connectivity index (χ4n) is 2.56. The SMILES string of the molecule is Cc1ccccc1CN1CCN(C(C)(C)C#N)CC1. The lowest BCUT2D eigenvalue weighted by Gasteiger charge is -2.40. The Morgan fingerprint density at radius 2 is 1.79 bits per heavy atom. The third-order valence-corrected chi connectivity index (χ3v) is 4.09. The smallest absolute Gasteiger partial charge is 0.103 e. The van der Waals surface area contributed by atoms with Gasteiger partial charge in [-0.15, -0.1) is 0 Å². The van der Waals surface area contributed by atoms with Gasteiger partial charge in [-0.1, -0.05) is 24.3 Å². The third-order valence-electron chi connectivity index (χ3n) is 4.09. The average molecular weight is 257 g/mol. The number of nitriles is 1. The summed E-state index contributed by atoms with van der Waals surface area (Å²) in [6.45, 7) is 11.2. The van der Waals surface area contributed by atoms with Gasteiger partial charge in [-0.05, 0) is 31.9 Å². The first kappa shape index (κ1) is 14.0. The molecule has 0 bridgehead atoms. The summed E-state index contributed by atoms with van der Waals surface area (Å²) in [6.07, 6.45) is 0. The maximum atomic E-state index is 9.18. The molecule has 102 valence electrons. The van der Waals surface area contributed by atoms with Crippen LogP contribution < -0.4 is 0 Å². The molecule has 1 aliphatic heterocycles. The number of hydrogen-bond donors (Lipinski definition) is 0. The number of benzene rings is 1. The van der Waals surface area contributed by atoms with Crippen LogP contribution in [0.25, 0.3) is 0 Å². The quantitative estimate of drug-likeness (QED) is 0.833. The van der Waals surface area contributed by atoms with Crippen molar-refractivity contribution in [1.82, 2.24) is 9.80 Å². The molecule has 0 radical (unpaired) electrons. The van der Waals surface area contributed by atoms with Gasteiger partial charge in [0, 0.05) is 32.7 Å². The monoisotopic (exact) mass is 257 g/mol. The van der Waals surface area contributed by atoms with Gasteiger partial charge in [-0.25, -0.2) is 0 Å². The van der Waals surface area contributed by atoms with Crippen molar-refractivity contribution >= 4 is 0 Å². The molecule has 0 aliphatic carbocycles. The molecule has 3 nitrogen and oxygen atoms in total. The van der Waals surface area contributed by atoms with Gasteiger partial charge in [0.15, 0.2) is 0 Å². The highest BCUT2D eigenvalue weighted by molar-refractivity contribution is 5.25. The van der Waals surface area contributed by atoms with E-state index in [4.69, 9.17) is 0 Å². The van der Waals surface area contributed by atoms with Crippen molar-refractivity contribution in [3.05, 3.63) is 35.4 Å². The summed E-state index contributed by atoms with van der Waals surface area (Å²) >= 11 is 0. The molecule has 1 heterocycles. The highest BCUT2D eigenvalue weighted by atomic mass is 15.3. The Morgan fingerprint density at radius 3 is 2.37 bits per heavy atom. The van der Waals surface area contributed by atoms with Gasteiger partial charge in [0.25, 0.3) is 0 Å². The first-order valence-electron chi connectivity index (χ1n) is 6.96. The highest BCUT2D eigenvalue weighted by Crippen LogP contribution is 2.18. The van der Waals surface area contributed by atoms with E-state index in [-0.39, 0.29) is 5.54 Å². The number of aryl methyl sites for hydroxylation is 1. The molecule has 3 heteroatoms. The van der Waals surface area contributed by atoms with Gasteiger partial charge >= 0.3 is 0 Å². The zero-order valence-electron chi connectivity index (χ0n) is 12.2. The molecular formula is C16H23N3. The lowest BCUT2D eigenvalue weighted by atomic mass is 10.0. The Labute approximate surface area is 116 Å². The fourth-order valence-corrected chi connectivity index (χ4v) is 2.56. The molecule has 0 amide bonds. The molecule has 0 unspecified atom stereocenters. The summed E-state index contributed by atoms with van der Waals surface area (Å²) in [5.41, 5.74) is 2.44. The van der Waals surface area contributed by atoms with Crippen LogP contribution in [0.1, 0.15) is 25.0 Å². The molecule has 1 aromatic rings. The standard InChI is InChI=1S/C16H23N3/c1-14-6-4-5-7-15(14)12-18-8-10-19(11-9-18)16(2,3)13-17/h4-7H,8-12H2,1-3H3. The molecule has 1 aliphatic rings. The number of hydrogen-bond acceptors (Lipinski definition) is 3. The van der Waals surface area contributed by atoms with E-state index in [1.54, 1.807) is 0 Å². The van der Waals surface area contributed by atoms with Crippen LogP contribution in [0.5, 0.6) is 0 Å². The summed E-state index contributed by atoms with van der Waals surface area (Å²) < 4.78 is 0. The zero-order chi connectivity index (χ0) is 13.9. The van der Waals surface area contributed by atoms with Gasteiger partial charge in [0.1, 0.15) is 5.54 Å². The van der Waals surface area contributed by atoms with E-state index >= 15 is 0 Å². The van der Waals surface area contributed by atoms with Crippen LogP contribution in [-0.4, -0.2) is 41.5 Å².